The van der Waals surface area contributed by atoms with Crippen molar-refractivity contribution in [1.82, 2.24) is 15.3 Å². The Morgan fingerprint density at radius 3 is 2.79 bits per heavy atom. The summed E-state index contributed by atoms with van der Waals surface area (Å²) in [5.41, 5.74) is -0.277. The molecule has 0 fully saturated rings. The number of aryl methyl sites for hydroxylation is 1. The van der Waals surface area contributed by atoms with E-state index in [1.54, 1.807) is 0 Å². The zero-order valence-electron chi connectivity index (χ0n) is 10.6. The highest BCUT2D eigenvalue weighted by atomic mass is 32.2. The minimum absolute atomic E-state index is 0.106. The number of carboxylic acids is 1. The van der Waals surface area contributed by atoms with Crippen LogP contribution in [0.5, 0.6) is 0 Å². The molecule has 1 aromatic rings. The number of aromatic amines is 1. The zero-order chi connectivity index (χ0) is 14.4. The van der Waals surface area contributed by atoms with E-state index in [2.05, 4.69) is 15.3 Å². The van der Waals surface area contributed by atoms with Crippen molar-refractivity contribution in [3.8, 4) is 0 Å². The third-order valence-electron chi connectivity index (χ3n) is 2.18. The van der Waals surface area contributed by atoms with E-state index >= 15 is 0 Å². The topological polar surface area (TPSA) is 112 Å². The fraction of sp³-hybridized carbons (Fsp3) is 0.455. The molecule has 19 heavy (non-hydrogen) atoms. The molecule has 0 aromatic carbocycles. The molecule has 3 N–H and O–H groups in total. The van der Waals surface area contributed by atoms with Crippen molar-refractivity contribution in [2.45, 2.75) is 31.3 Å². The first-order valence-corrected chi connectivity index (χ1v) is 6.64. The van der Waals surface area contributed by atoms with Gasteiger partial charge in [-0.2, -0.15) is 0 Å². The molecule has 1 amide bonds. The quantitative estimate of drug-likeness (QED) is 0.501. The maximum Gasteiger partial charge on any atom is 0.327 e. The zero-order valence-corrected chi connectivity index (χ0v) is 11.4. The highest BCUT2D eigenvalue weighted by Crippen LogP contribution is 2.14. The molecule has 1 rings (SSSR count). The number of carbonyl (C=O) groups excluding carboxylic acids is 1. The molecular formula is C11H15N3O4S. The minimum Gasteiger partial charge on any atom is -0.480 e. The second kappa shape index (κ2) is 6.93. The standard InChI is InChI=1S/C11H15N3O4S/c1-3-8-13-9(16)4-10(14-8)19-5-7(11(17)18)12-6(2)15/h4,7H,3,5H2,1-2H3,(H,12,15)(H,17,18)(H,13,14,16)/t7-/m0/s1. The Bertz CT molecular complexity index is 529. The van der Waals surface area contributed by atoms with E-state index in [1.807, 2.05) is 6.92 Å². The Morgan fingerprint density at radius 1 is 1.58 bits per heavy atom. The molecule has 1 aromatic heterocycles. The van der Waals surface area contributed by atoms with Gasteiger partial charge in [0, 0.05) is 25.2 Å². The van der Waals surface area contributed by atoms with Crippen LogP contribution < -0.4 is 10.9 Å². The van der Waals surface area contributed by atoms with Gasteiger partial charge in [-0.1, -0.05) is 6.92 Å². The number of aliphatic carboxylic acids is 1. The maximum absolute atomic E-state index is 11.3. The van der Waals surface area contributed by atoms with Crippen LogP contribution in [0.3, 0.4) is 0 Å². The maximum atomic E-state index is 11.3. The second-order valence-corrected chi connectivity index (χ2v) is 4.83. The summed E-state index contributed by atoms with van der Waals surface area (Å²) in [5, 5.41) is 11.7. The molecule has 7 nitrogen and oxygen atoms in total. The molecule has 0 spiro atoms. The molecule has 0 saturated heterocycles. The van der Waals surface area contributed by atoms with Gasteiger partial charge in [0.25, 0.3) is 5.56 Å². The van der Waals surface area contributed by atoms with Crippen LogP contribution in [-0.2, 0) is 16.0 Å². The van der Waals surface area contributed by atoms with Gasteiger partial charge in [0.1, 0.15) is 16.9 Å². The Morgan fingerprint density at radius 2 is 2.26 bits per heavy atom. The average molecular weight is 285 g/mol. The number of rotatable bonds is 6. The predicted molar refractivity (Wildman–Crippen MR) is 70.2 cm³/mol. The van der Waals surface area contributed by atoms with E-state index in [0.717, 1.165) is 11.8 Å². The molecule has 0 bridgehead atoms. The molecule has 0 saturated carbocycles. The van der Waals surface area contributed by atoms with E-state index in [0.29, 0.717) is 17.3 Å². The lowest BCUT2D eigenvalue weighted by Crippen LogP contribution is -2.41. The van der Waals surface area contributed by atoms with Crippen LogP contribution in [0.4, 0.5) is 0 Å². The second-order valence-electron chi connectivity index (χ2n) is 3.79. The Balaban J connectivity index is 2.73. The lowest BCUT2D eigenvalue weighted by molar-refractivity contribution is -0.140. The van der Waals surface area contributed by atoms with Crippen molar-refractivity contribution in [3.05, 3.63) is 22.2 Å². The summed E-state index contributed by atoms with van der Waals surface area (Å²) in [6.45, 7) is 3.10. The van der Waals surface area contributed by atoms with E-state index in [-0.39, 0.29) is 11.3 Å². The normalized spacial score (nSPS) is 11.9. The Kier molecular flexibility index (Phi) is 5.56. The van der Waals surface area contributed by atoms with Gasteiger partial charge in [0.15, 0.2) is 0 Å². The number of aromatic nitrogens is 2. The monoisotopic (exact) mass is 285 g/mol. The lowest BCUT2D eigenvalue weighted by atomic mass is 10.3. The van der Waals surface area contributed by atoms with Gasteiger partial charge < -0.3 is 15.4 Å². The van der Waals surface area contributed by atoms with Gasteiger partial charge in [-0.05, 0) is 0 Å². The first-order valence-electron chi connectivity index (χ1n) is 5.65. The largest absolute Gasteiger partial charge is 0.480 e. The number of nitrogens with zero attached hydrogens (tertiary/aromatic N) is 1. The summed E-state index contributed by atoms with van der Waals surface area (Å²) in [5.74, 6) is -0.889. The summed E-state index contributed by atoms with van der Waals surface area (Å²) in [6.07, 6.45) is 0.581. The van der Waals surface area contributed by atoms with E-state index < -0.39 is 17.9 Å². The molecule has 0 unspecified atom stereocenters. The number of thioether (sulfide) groups is 1. The molecule has 0 aliphatic heterocycles. The first kappa shape index (κ1) is 15.2. The Labute approximate surface area is 113 Å². The van der Waals surface area contributed by atoms with Gasteiger partial charge in [0.2, 0.25) is 5.91 Å². The van der Waals surface area contributed by atoms with Crippen LogP contribution >= 0.6 is 11.8 Å². The van der Waals surface area contributed by atoms with Gasteiger partial charge in [-0.25, -0.2) is 9.78 Å². The fourth-order valence-corrected chi connectivity index (χ4v) is 2.24. The SMILES string of the molecule is CCc1nc(SC[C@H](NC(C)=O)C(=O)O)cc(=O)[nH]1. The third-order valence-corrected chi connectivity index (χ3v) is 3.18. The average Bonchev–Trinajstić information content (AvgIpc) is 2.33. The van der Waals surface area contributed by atoms with Crippen LogP contribution in [-0.4, -0.2) is 38.7 Å². The van der Waals surface area contributed by atoms with Crippen LogP contribution in [0.25, 0.3) is 0 Å². The number of amides is 1. The highest BCUT2D eigenvalue weighted by molar-refractivity contribution is 7.99. The van der Waals surface area contributed by atoms with Crippen LogP contribution in [0, 0.1) is 0 Å². The van der Waals surface area contributed by atoms with Gasteiger partial charge in [0.05, 0.1) is 0 Å². The predicted octanol–water partition coefficient (Wildman–Crippen LogP) is 0.0137. The van der Waals surface area contributed by atoms with Crippen LogP contribution in [0.15, 0.2) is 15.9 Å². The van der Waals surface area contributed by atoms with Crippen LogP contribution in [0.1, 0.15) is 19.7 Å². The number of H-pyrrole nitrogens is 1. The van der Waals surface area contributed by atoms with Crippen LogP contribution in [0.2, 0.25) is 0 Å². The summed E-state index contributed by atoms with van der Waals surface area (Å²) in [4.78, 5) is 39.9. The molecule has 0 radical (unpaired) electrons. The smallest absolute Gasteiger partial charge is 0.327 e. The molecule has 8 heteroatoms. The number of hydrogen-bond donors (Lipinski definition) is 3. The molecule has 0 aliphatic rings. The first-order chi connectivity index (χ1) is 8.92. The lowest BCUT2D eigenvalue weighted by Gasteiger charge is -2.12. The van der Waals surface area contributed by atoms with Crippen molar-refractivity contribution in [3.63, 3.8) is 0 Å². The van der Waals surface area contributed by atoms with Crippen molar-refractivity contribution in [2.24, 2.45) is 0 Å². The van der Waals surface area contributed by atoms with Crippen molar-refractivity contribution in [1.29, 1.82) is 0 Å². The van der Waals surface area contributed by atoms with Crippen molar-refractivity contribution in [2.75, 3.05) is 5.75 Å². The molecule has 1 atom stereocenters. The molecule has 1 heterocycles. The number of hydrogen-bond acceptors (Lipinski definition) is 5. The van der Waals surface area contributed by atoms with Gasteiger partial charge in [-0.3, -0.25) is 9.59 Å². The molecule has 0 aliphatic carbocycles. The summed E-state index contributed by atoms with van der Waals surface area (Å²) >= 11 is 1.12. The van der Waals surface area contributed by atoms with Gasteiger partial charge in [-0.15, -0.1) is 11.8 Å². The summed E-state index contributed by atoms with van der Waals surface area (Å²) in [6, 6.07) is 0.296. The van der Waals surface area contributed by atoms with E-state index in [4.69, 9.17) is 5.11 Å². The van der Waals surface area contributed by atoms with Crippen molar-refractivity contribution < 1.29 is 14.7 Å². The van der Waals surface area contributed by atoms with E-state index in [9.17, 15) is 14.4 Å². The van der Waals surface area contributed by atoms with E-state index in [1.165, 1.54) is 13.0 Å². The number of carbonyl (C=O) groups is 2. The molecular weight excluding hydrogens is 270 g/mol. The highest BCUT2D eigenvalue weighted by Gasteiger charge is 2.18. The van der Waals surface area contributed by atoms with Crippen molar-refractivity contribution >= 4 is 23.6 Å². The number of nitrogens with one attached hydrogen (secondary N) is 2. The van der Waals surface area contributed by atoms with Gasteiger partial charge >= 0.3 is 5.97 Å². The summed E-state index contributed by atoms with van der Waals surface area (Å²) < 4.78 is 0. The summed E-state index contributed by atoms with van der Waals surface area (Å²) in [7, 11) is 0. The fourth-order valence-electron chi connectivity index (χ4n) is 1.31. The number of carboxylic acid groups (broad SMARTS) is 1. The Hall–Kier alpha value is -1.83. The third kappa shape index (κ3) is 5.12. The molecule has 104 valence electrons. The minimum atomic E-state index is -1.12.